The van der Waals surface area contributed by atoms with Crippen molar-refractivity contribution in [1.82, 2.24) is 15.8 Å². The summed E-state index contributed by atoms with van der Waals surface area (Å²) >= 11 is 0. The molecular formula is C22H32N4O2. The molecule has 1 aromatic carbocycles. The van der Waals surface area contributed by atoms with Gasteiger partial charge in [-0.1, -0.05) is 37.2 Å². The maximum absolute atomic E-state index is 5.76. The first-order valence-corrected chi connectivity index (χ1v) is 10.4. The fourth-order valence-electron chi connectivity index (χ4n) is 3.65. The standard InChI is InChI=1S/C22H32N4O2/c1-4-16(5-2)20-13-18(28-26-20)15-25-22(23-6-3)24-14-17-11-12-27-21-10-8-7-9-19(17)21/h7-10,13,16-17H,4-6,11-12,14-15H2,1-3H3,(H2,23,24,25). The molecule has 6 heteroatoms. The van der Waals surface area contributed by atoms with Gasteiger partial charge >= 0.3 is 0 Å². The average molecular weight is 385 g/mol. The second-order valence-corrected chi connectivity index (χ2v) is 7.18. The highest BCUT2D eigenvalue weighted by Crippen LogP contribution is 2.32. The van der Waals surface area contributed by atoms with Crippen LogP contribution in [-0.2, 0) is 6.54 Å². The van der Waals surface area contributed by atoms with Gasteiger partial charge in [0.2, 0.25) is 0 Å². The van der Waals surface area contributed by atoms with E-state index in [-0.39, 0.29) is 0 Å². The van der Waals surface area contributed by atoms with Crippen LogP contribution >= 0.6 is 0 Å². The maximum atomic E-state index is 5.76. The zero-order chi connectivity index (χ0) is 19.8. The lowest BCUT2D eigenvalue weighted by Gasteiger charge is -2.26. The topological polar surface area (TPSA) is 71.7 Å². The van der Waals surface area contributed by atoms with Crippen molar-refractivity contribution in [3.63, 3.8) is 0 Å². The Kier molecular flexibility index (Phi) is 7.34. The van der Waals surface area contributed by atoms with E-state index in [1.165, 1.54) is 5.56 Å². The van der Waals surface area contributed by atoms with E-state index in [1.54, 1.807) is 0 Å². The molecule has 2 heterocycles. The molecule has 0 saturated carbocycles. The smallest absolute Gasteiger partial charge is 0.191 e. The highest BCUT2D eigenvalue weighted by Gasteiger charge is 2.21. The van der Waals surface area contributed by atoms with Crippen LogP contribution < -0.4 is 15.4 Å². The average Bonchev–Trinajstić information content (AvgIpc) is 3.20. The van der Waals surface area contributed by atoms with E-state index in [4.69, 9.17) is 9.26 Å². The third kappa shape index (κ3) is 5.06. The van der Waals surface area contributed by atoms with Crippen LogP contribution in [0, 0.1) is 0 Å². The van der Waals surface area contributed by atoms with E-state index in [0.29, 0.717) is 18.4 Å². The first kappa shape index (κ1) is 20.2. The Balaban J connectivity index is 1.61. The molecule has 0 amide bonds. The van der Waals surface area contributed by atoms with Gasteiger partial charge in [-0.05, 0) is 37.8 Å². The van der Waals surface area contributed by atoms with Crippen molar-refractivity contribution in [3.05, 3.63) is 47.3 Å². The van der Waals surface area contributed by atoms with Crippen LogP contribution in [0.2, 0.25) is 0 Å². The number of ether oxygens (including phenoxy) is 1. The highest BCUT2D eigenvalue weighted by atomic mass is 16.5. The van der Waals surface area contributed by atoms with Gasteiger partial charge in [0.05, 0.1) is 12.3 Å². The first-order chi connectivity index (χ1) is 13.7. The molecule has 1 unspecified atom stereocenters. The Morgan fingerprint density at radius 3 is 2.82 bits per heavy atom. The van der Waals surface area contributed by atoms with E-state index < -0.39 is 0 Å². The van der Waals surface area contributed by atoms with Crippen molar-refractivity contribution < 1.29 is 9.26 Å². The summed E-state index contributed by atoms with van der Waals surface area (Å²) in [6, 6.07) is 10.3. The molecule has 0 saturated heterocycles. The van der Waals surface area contributed by atoms with Crippen molar-refractivity contribution in [2.75, 3.05) is 19.7 Å². The molecule has 2 aromatic rings. The maximum Gasteiger partial charge on any atom is 0.191 e. The molecule has 1 aliphatic heterocycles. The molecule has 152 valence electrons. The van der Waals surface area contributed by atoms with Crippen LogP contribution in [-0.4, -0.2) is 30.8 Å². The number of aliphatic imine (C=N–C) groups is 1. The molecule has 6 nitrogen and oxygen atoms in total. The summed E-state index contributed by atoms with van der Waals surface area (Å²) in [5.41, 5.74) is 2.30. The second-order valence-electron chi connectivity index (χ2n) is 7.18. The van der Waals surface area contributed by atoms with E-state index in [0.717, 1.165) is 62.1 Å². The van der Waals surface area contributed by atoms with Crippen LogP contribution in [0.25, 0.3) is 0 Å². The van der Waals surface area contributed by atoms with E-state index in [9.17, 15) is 0 Å². The normalized spacial score (nSPS) is 16.6. The number of rotatable bonds is 8. The first-order valence-electron chi connectivity index (χ1n) is 10.4. The molecule has 0 fully saturated rings. The highest BCUT2D eigenvalue weighted by molar-refractivity contribution is 5.79. The zero-order valence-electron chi connectivity index (χ0n) is 17.2. The molecule has 3 rings (SSSR count). The van der Waals surface area contributed by atoms with Crippen LogP contribution in [0.3, 0.4) is 0 Å². The summed E-state index contributed by atoms with van der Waals surface area (Å²) in [5, 5.41) is 11.0. The van der Waals surface area contributed by atoms with E-state index >= 15 is 0 Å². The molecule has 0 radical (unpaired) electrons. The van der Waals surface area contributed by atoms with Crippen molar-refractivity contribution in [2.24, 2.45) is 4.99 Å². The van der Waals surface area contributed by atoms with Gasteiger partial charge in [0, 0.05) is 31.0 Å². The number of aromatic nitrogens is 1. The van der Waals surface area contributed by atoms with Crippen LogP contribution in [0.15, 0.2) is 39.8 Å². The van der Waals surface area contributed by atoms with Gasteiger partial charge < -0.3 is 19.9 Å². The largest absolute Gasteiger partial charge is 0.493 e. The summed E-state index contributed by atoms with van der Waals surface area (Å²) in [7, 11) is 0. The fourth-order valence-corrected chi connectivity index (χ4v) is 3.65. The molecular weight excluding hydrogens is 352 g/mol. The quantitative estimate of drug-likeness (QED) is 0.527. The fraction of sp³-hybridized carbons (Fsp3) is 0.545. The molecule has 1 aliphatic rings. The monoisotopic (exact) mass is 384 g/mol. The van der Waals surface area contributed by atoms with Crippen LogP contribution in [0.4, 0.5) is 0 Å². The number of hydrogen-bond donors (Lipinski definition) is 2. The molecule has 28 heavy (non-hydrogen) atoms. The van der Waals surface area contributed by atoms with Gasteiger partial charge in [-0.3, -0.25) is 0 Å². The SMILES string of the molecule is CCNC(=NCc1cc(C(CC)CC)no1)NCC1CCOc2ccccc21. The molecule has 1 atom stereocenters. The summed E-state index contributed by atoms with van der Waals surface area (Å²) in [4.78, 5) is 4.68. The lowest BCUT2D eigenvalue weighted by Crippen LogP contribution is -2.40. The predicted molar refractivity (Wildman–Crippen MR) is 112 cm³/mol. The van der Waals surface area contributed by atoms with Gasteiger partial charge in [-0.15, -0.1) is 0 Å². The van der Waals surface area contributed by atoms with Gasteiger partial charge in [-0.2, -0.15) is 0 Å². The minimum Gasteiger partial charge on any atom is -0.493 e. The van der Waals surface area contributed by atoms with Crippen LogP contribution in [0.1, 0.15) is 68.9 Å². The summed E-state index contributed by atoms with van der Waals surface area (Å²) in [6.45, 7) is 9.30. The van der Waals surface area contributed by atoms with Crippen molar-refractivity contribution in [1.29, 1.82) is 0 Å². The van der Waals surface area contributed by atoms with Crippen molar-refractivity contribution in [2.45, 2.75) is 58.4 Å². The van der Waals surface area contributed by atoms with Gasteiger partial charge in [0.25, 0.3) is 0 Å². The third-order valence-corrected chi connectivity index (χ3v) is 5.32. The number of benzene rings is 1. The lowest BCUT2D eigenvalue weighted by atomic mass is 9.93. The predicted octanol–water partition coefficient (Wildman–Crippen LogP) is 4.20. The summed E-state index contributed by atoms with van der Waals surface area (Å²) < 4.78 is 11.2. The Morgan fingerprint density at radius 1 is 1.21 bits per heavy atom. The number of nitrogens with one attached hydrogen (secondary N) is 2. The summed E-state index contributed by atoms with van der Waals surface area (Å²) in [5.74, 6) is 3.47. The molecule has 0 aliphatic carbocycles. The van der Waals surface area contributed by atoms with Gasteiger partial charge in [0.15, 0.2) is 11.7 Å². The Labute approximate surface area is 167 Å². The molecule has 0 spiro atoms. The number of hydrogen-bond acceptors (Lipinski definition) is 4. The lowest BCUT2D eigenvalue weighted by molar-refractivity contribution is 0.267. The summed E-state index contributed by atoms with van der Waals surface area (Å²) in [6.07, 6.45) is 3.15. The van der Waals surface area contributed by atoms with Gasteiger partial charge in [-0.25, -0.2) is 4.99 Å². The number of fused-ring (bicyclic) bond motifs is 1. The number of para-hydroxylation sites is 1. The number of nitrogens with zero attached hydrogens (tertiary/aromatic N) is 2. The van der Waals surface area contributed by atoms with E-state index in [1.807, 2.05) is 18.2 Å². The number of guanidine groups is 1. The Hall–Kier alpha value is -2.50. The minimum atomic E-state index is 0.417. The van der Waals surface area contributed by atoms with Gasteiger partial charge in [0.1, 0.15) is 12.3 Å². The third-order valence-electron chi connectivity index (χ3n) is 5.32. The minimum absolute atomic E-state index is 0.417. The Bertz CT molecular complexity index is 767. The molecule has 1 aromatic heterocycles. The second kappa shape index (κ2) is 10.2. The van der Waals surface area contributed by atoms with E-state index in [2.05, 4.69) is 53.7 Å². The van der Waals surface area contributed by atoms with Crippen LogP contribution in [0.5, 0.6) is 5.75 Å². The molecule has 2 N–H and O–H groups in total. The Morgan fingerprint density at radius 2 is 2.04 bits per heavy atom. The zero-order valence-corrected chi connectivity index (χ0v) is 17.2. The van der Waals surface area contributed by atoms with Crippen molar-refractivity contribution in [3.8, 4) is 5.75 Å². The van der Waals surface area contributed by atoms with Crippen molar-refractivity contribution >= 4 is 5.96 Å². The molecule has 0 bridgehead atoms.